The fourth-order valence-corrected chi connectivity index (χ4v) is 2.82. The maximum absolute atomic E-state index is 13.3. The molecule has 0 bridgehead atoms. The summed E-state index contributed by atoms with van der Waals surface area (Å²) in [5, 5.41) is 13.5. The molecule has 0 spiro atoms. The lowest BCUT2D eigenvalue weighted by atomic mass is 9.93. The molecule has 0 fully saturated rings. The Morgan fingerprint density at radius 2 is 1.95 bits per heavy atom. The van der Waals surface area contributed by atoms with Gasteiger partial charge in [0, 0.05) is 10.7 Å². The predicted octanol–water partition coefficient (Wildman–Crippen LogP) is 4.26. The van der Waals surface area contributed by atoms with Gasteiger partial charge in [-0.25, -0.2) is 4.39 Å². The molecule has 0 saturated carbocycles. The van der Waals surface area contributed by atoms with Crippen LogP contribution in [-0.2, 0) is 12.0 Å². The van der Waals surface area contributed by atoms with Gasteiger partial charge in [0.25, 0.3) is 0 Å². The van der Waals surface area contributed by atoms with E-state index in [1.165, 1.54) is 12.1 Å². The molecule has 1 aliphatic rings. The van der Waals surface area contributed by atoms with Crippen LogP contribution < -0.4 is 5.32 Å². The topological polar surface area (TPSA) is 35.8 Å². The molecule has 1 aliphatic carbocycles. The quantitative estimate of drug-likeness (QED) is 0.895. The minimum atomic E-state index is -0.795. The molecule has 0 aliphatic heterocycles. The van der Waals surface area contributed by atoms with Crippen molar-refractivity contribution in [3.8, 4) is 6.07 Å². The van der Waals surface area contributed by atoms with Crippen molar-refractivity contribution in [1.82, 2.24) is 0 Å². The Balaban J connectivity index is 1.99. The van der Waals surface area contributed by atoms with Crippen LogP contribution in [0.3, 0.4) is 0 Å². The summed E-state index contributed by atoms with van der Waals surface area (Å²) in [5.74, 6) is -0.260. The van der Waals surface area contributed by atoms with Crippen LogP contribution in [-0.4, -0.2) is 0 Å². The summed E-state index contributed by atoms with van der Waals surface area (Å²) in [4.78, 5) is 0. The van der Waals surface area contributed by atoms with Gasteiger partial charge in [-0.05, 0) is 60.4 Å². The smallest absolute Gasteiger partial charge is 0.151 e. The molecule has 1 atom stereocenters. The van der Waals surface area contributed by atoms with Crippen LogP contribution in [0.15, 0.2) is 42.5 Å². The van der Waals surface area contributed by atoms with E-state index < -0.39 is 5.54 Å². The third-order valence-corrected chi connectivity index (χ3v) is 3.94. The van der Waals surface area contributed by atoms with E-state index in [4.69, 9.17) is 11.6 Å². The van der Waals surface area contributed by atoms with Gasteiger partial charge in [-0.15, -0.1) is 0 Å². The van der Waals surface area contributed by atoms with Crippen molar-refractivity contribution in [1.29, 1.82) is 5.26 Å². The molecule has 2 aromatic carbocycles. The van der Waals surface area contributed by atoms with Crippen molar-refractivity contribution in [2.45, 2.75) is 18.4 Å². The second-order valence-corrected chi connectivity index (χ2v) is 5.39. The van der Waals surface area contributed by atoms with Crippen molar-refractivity contribution < 1.29 is 4.39 Å². The largest absolute Gasteiger partial charge is 0.364 e. The Labute approximate surface area is 121 Å². The van der Waals surface area contributed by atoms with Gasteiger partial charge in [0.1, 0.15) is 5.82 Å². The molecule has 2 aromatic rings. The van der Waals surface area contributed by atoms with Gasteiger partial charge >= 0.3 is 0 Å². The molecule has 1 N–H and O–H groups in total. The number of halogens is 2. The molecule has 0 amide bonds. The molecule has 20 heavy (non-hydrogen) atoms. The van der Waals surface area contributed by atoms with Crippen LogP contribution in [0.2, 0.25) is 5.02 Å². The second-order valence-electron chi connectivity index (χ2n) is 4.95. The molecule has 0 heterocycles. The first kappa shape index (κ1) is 13.0. The summed E-state index contributed by atoms with van der Waals surface area (Å²) < 4.78 is 13.3. The number of fused-ring (bicyclic) bond motifs is 1. The summed E-state index contributed by atoms with van der Waals surface area (Å²) in [6.07, 6.45) is 1.33. The van der Waals surface area contributed by atoms with Crippen molar-refractivity contribution in [2.24, 2.45) is 0 Å². The van der Waals surface area contributed by atoms with Crippen LogP contribution in [0.5, 0.6) is 0 Å². The van der Waals surface area contributed by atoms with Gasteiger partial charge in [0.2, 0.25) is 0 Å². The highest BCUT2D eigenvalue weighted by atomic mass is 35.5. The van der Waals surface area contributed by atoms with Crippen LogP contribution in [0.4, 0.5) is 10.1 Å². The molecule has 2 nitrogen and oxygen atoms in total. The van der Waals surface area contributed by atoms with E-state index in [0.717, 1.165) is 16.8 Å². The Bertz CT molecular complexity index is 691. The number of benzene rings is 2. The molecular formula is C16H12ClFN2. The van der Waals surface area contributed by atoms with Crippen molar-refractivity contribution in [2.75, 3.05) is 5.32 Å². The molecule has 3 rings (SSSR count). The first-order valence-electron chi connectivity index (χ1n) is 6.37. The van der Waals surface area contributed by atoms with Gasteiger partial charge in [-0.1, -0.05) is 17.7 Å². The highest BCUT2D eigenvalue weighted by Gasteiger charge is 2.39. The van der Waals surface area contributed by atoms with Gasteiger partial charge in [0.05, 0.1) is 6.07 Å². The average molecular weight is 287 g/mol. The summed E-state index contributed by atoms with van der Waals surface area (Å²) in [6.45, 7) is 0. The minimum absolute atomic E-state index is 0.260. The molecule has 100 valence electrons. The zero-order valence-corrected chi connectivity index (χ0v) is 11.4. The number of rotatable bonds is 2. The molecule has 4 heteroatoms. The predicted molar refractivity (Wildman–Crippen MR) is 77.1 cm³/mol. The van der Waals surface area contributed by atoms with E-state index in [1.807, 2.05) is 12.1 Å². The molecule has 0 saturated heterocycles. The number of hydrogen-bond donors (Lipinski definition) is 1. The van der Waals surface area contributed by atoms with E-state index in [-0.39, 0.29) is 5.82 Å². The second kappa shape index (κ2) is 4.81. The van der Waals surface area contributed by atoms with Crippen LogP contribution >= 0.6 is 11.6 Å². The Morgan fingerprint density at radius 1 is 1.20 bits per heavy atom. The average Bonchev–Trinajstić information content (AvgIpc) is 2.80. The first-order chi connectivity index (χ1) is 9.63. The fraction of sp³-hybridized carbons (Fsp3) is 0.188. The Hall–Kier alpha value is -2.05. The number of aryl methyl sites for hydroxylation is 1. The summed E-state index contributed by atoms with van der Waals surface area (Å²) >= 11 is 5.86. The van der Waals surface area contributed by atoms with E-state index >= 15 is 0 Å². The summed E-state index contributed by atoms with van der Waals surface area (Å²) in [5.41, 5.74) is 1.79. The number of anilines is 1. The van der Waals surface area contributed by atoms with Crippen molar-refractivity contribution >= 4 is 17.3 Å². The highest BCUT2D eigenvalue weighted by Crippen LogP contribution is 2.39. The normalized spacial score (nSPS) is 20.2. The van der Waals surface area contributed by atoms with Gasteiger partial charge < -0.3 is 5.32 Å². The Morgan fingerprint density at radius 3 is 2.65 bits per heavy atom. The first-order valence-corrected chi connectivity index (χ1v) is 6.75. The lowest BCUT2D eigenvalue weighted by Crippen LogP contribution is -2.31. The third-order valence-electron chi connectivity index (χ3n) is 3.69. The van der Waals surface area contributed by atoms with Crippen molar-refractivity contribution in [3.05, 3.63) is 64.4 Å². The monoisotopic (exact) mass is 286 g/mol. The van der Waals surface area contributed by atoms with Crippen LogP contribution in [0.25, 0.3) is 0 Å². The van der Waals surface area contributed by atoms with Crippen molar-refractivity contribution in [3.63, 3.8) is 0 Å². The minimum Gasteiger partial charge on any atom is -0.364 e. The van der Waals surface area contributed by atoms with Crippen LogP contribution in [0.1, 0.15) is 17.5 Å². The maximum Gasteiger partial charge on any atom is 0.151 e. The third kappa shape index (κ3) is 2.13. The summed E-state index contributed by atoms with van der Waals surface area (Å²) in [7, 11) is 0. The van der Waals surface area contributed by atoms with Gasteiger partial charge in [-0.3, -0.25) is 0 Å². The number of hydrogen-bond acceptors (Lipinski definition) is 2. The van der Waals surface area contributed by atoms with E-state index in [1.54, 1.807) is 18.2 Å². The number of nitrogens with zero attached hydrogens (tertiary/aromatic N) is 1. The maximum atomic E-state index is 13.3. The molecule has 0 aromatic heterocycles. The standard InChI is InChI=1S/C16H12ClFN2/c17-12-1-4-14(5-2-12)20-16(10-19)8-7-11-9-13(18)3-6-15(11)16/h1-6,9,20H,7-8H2. The fourth-order valence-electron chi connectivity index (χ4n) is 2.70. The number of nitrogens with one attached hydrogen (secondary N) is 1. The SMILES string of the molecule is N#CC1(Nc2ccc(Cl)cc2)CCc2cc(F)ccc21. The zero-order chi connectivity index (χ0) is 14.2. The molecular weight excluding hydrogens is 275 g/mol. The lowest BCUT2D eigenvalue weighted by Gasteiger charge is -2.25. The van der Waals surface area contributed by atoms with Gasteiger partial charge in [0.15, 0.2) is 5.54 Å². The highest BCUT2D eigenvalue weighted by molar-refractivity contribution is 6.30. The van der Waals surface area contributed by atoms with Crippen LogP contribution in [0, 0.1) is 17.1 Å². The number of nitriles is 1. The Kier molecular flexibility index (Phi) is 3.11. The van der Waals surface area contributed by atoms with E-state index in [9.17, 15) is 9.65 Å². The van der Waals surface area contributed by atoms with E-state index in [0.29, 0.717) is 17.9 Å². The zero-order valence-electron chi connectivity index (χ0n) is 10.7. The lowest BCUT2D eigenvalue weighted by molar-refractivity contribution is 0.618. The van der Waals surface area contributed by atoms with E-state index in [2.05, 4.69) is 11.4 Å². The molecule has 0 radical (unpaired) electrons. The summed E-state index contributed by atoms with van der Waals surface area (Å²) in [6, 6.07) is 14.2. The van der Waals surface area contributed by atoms with Gasteiger partial charge in [-0.2, -0.15) is 5.26 Å². The molecule has 1 unspecified atom stereocenters.